The number of piperidine rings is 1. The summed E-state index contributed by atoms with van der Waals surface area (Å²) in [4.78, 5) is 28.5. The number of nitrogens with zero attached hydrogens (tertiary/aromatic N) is 1. The van der Waals surface area contributed by atoms with Gasteiger partial charge in [0.05, 0.1) is 17.0 Å². The number of carbonyl (C=O) groups excluding carboxylic acids is 1. The molecule has 0 unspecified atom stereocenters. The predicted octanol–water partition coefficient (Wildman–Crippen LogP) is 5.25. The van der Waals surface area contributed by atoms with E-state index in [9.17, 15) is 14.7 Å². The zero-order valence-corrected chi connectivity index (χ0v) is 21.7. The molecule has 3 aliphatic rings. The minimum Gasteiger partial charge on any atom is -0.480 e. The maximum absolute atomic E-state index is 14.0. The number of aliphatic hydroxyl groups is 1. The van der Waals surface area contributed by atoms with E-state index >= 15 is 0 Å². The van der Waals surface area contributed by atoms with Crippen molar-refractivity contribution >= 4 is 16.9 Å². The number of benzene rings is 2. The van der Waals surface area contributed by atoms with E-state index in [0.717, 1.165) is 66.2 Å². The molecule has 6 rings (SSSR count). The molecule has 0 spiro atoms. The molecule has 0 radical (unpaired) electrons. The Bertz CT molecular complexity index is 1400. The number of likely N-dealkylation sites (tertiary alicyclic amines) is 1. The second-order valence-electron chi connectivity index (χ2n) is 11.2. The summed E-state index contributed by atoms with van der Waals surface area (Å²) >= 11 is 0. The summed E-state index contributed by atoms with van der Waals surface area (Å²) in [7, 11) is 0. The normalized spacial score (nSPS) is 26.0. The molecule has 3 aromatic rings. The van der Waals surface area contributed by atoms with Gasteiger partial charge in [-0.05, 0) is 81.2 Å². The number of hydrogen-bond donors (Lipinski definition) is 1. The molecular formula is C31H35NO5. The third-order valence-electron chi connectivity index (χ3n) is 8.82. The minimum absolute atomic E-state index is 0.00546. The summed E-state index contributed by atoms with van der Waals surface area (Å²) in [6.07, 6.45) is 6.09. The molecule has 2 fully saturated rings. The third kappa shape index (κ3) is 4.15. The Balaban J connectivity index is 1.35. The van der Waals surface area contributed by atoms with Crippen molar-refractivity contribution in [3.63, 3.8) is 0 Å². The second kappa shape index (κ2) is 9.32. The van der Waals surface area contributed by atoms with Crippen LogP contribution in [0.15, 0.2) is 51.7 Å². The first kappa shape index (κ1) is 24.2. The lowest BCUT2D eigenvalue weighted by Gasteiger charge is -2.53. The molecule has 6 nitrogen and oxygen atoms in total. The molecule has 2 aliphatic carbocycles. The van der Waals surface area contributed by atoms with Gasteiger partial charge in [0.2, 0.25) is 0 Å². The molecule has 1 saturated carbocycles. The summed E-state index contributed by atoms with van der Waals surface area (Å²) in [5.41, 5.74) is 3.23. The predicted molar refractivity (Wildman–Crippen MR) is 142 cm³/mol. The Labute approximate surface area is 217 Å². The van der Waals surface area contributed by atoms with Gasteiger partial charge in [0.15, 0.2) is 6.10 Å². The Morgan fingerprint density at radius 3 is 2.70 bits per heavy atom. The van der Waals surface area contributed by atoms with Crippen molar-refractivity contribution in [2.75, 3.05) is 6.54 Å². The fourth-order valence-electron chi connectivity index (χ4n) is 7.06. The molecule has 194 valence electrons. The van der Waals surface area contributed by atoms with Gasteiger partial charge in [0.1, 0.15) is 11.3 Å². The number of aryl methyl sites for hydroxylation is 2. The molecule has 1 saturated heterocycles. The van der Waals surface area contributed by atoms with Crippen molar-refractivity contribution in [2.24, 2.45) is 5.92 Å². The van der Waals surface area contributed by atoms with Gasteiger partial charge < -0.3 is 19.2 Å². The largest absolute Gasteiger partial charge is 0.480 e. The summed E-state index contributed by atoms with van der Waals surface area (Å²) < 4.78 is 12.1. The average Bonchev–Trinajstić information content (AvgIpc) is 3.38. The summed E-state index contributed by atoms with van der Waals surface area (Å²) in [6, 6.07) is 13.7. The summed E-state index contributed by atoms with van der Waals surface area (Å²) in [5.74, 6) is 0.524. The Morgan fingerprint density at radius 2 is 1.89 bits per heavy atom. The Kier molecular flexibility index (Phi) is 6.10. The van der Waals surface area contributed by atoms with Gasteiger partial charge >= 0.3 is 5.63 Å². The van der Waals surface area contributed by atoms with Gasteiger partial charge in [-0.3, -0.25) is 4.79 Å². The van der Waals surface area contributed by atoms with Crippen LogP contribution in [0.2, 0.25) is 0 Å². The van der Waals surface area contributed by atoms with Crippen molar-refractivity contribution in [2.45, 2.75) is 83.0 Å². The van der Waals surface area contributed by atoms with E-state index in [1.54, 1.807) is 6.92 Å². The highest BCUT2D eigenvalue weighted by Gasteiger charge is 2.50. The first-order valence-electron chi connectivity index (χ1n) is 13.7. The van der Waals surface area contributed by atoms with Crippen LogP contribution in [0.1, 0.15) is 73.7 Å². The van der Waals surface area contributed by atoms with Crippen molar-refractivity contribution in [1.29, 1.82) is 0 Å². The van der Waals surface area contributed by atoms with Gasteiger partial charge in [0, 0.05) is 18.0 Å². The third-order valence-corrected chi connectivity index (χ3v) is 8.82. The molecule has 0 bridgehead atoms. The zero-order valence-electron chi connectivity index (χ0n) is 21.7. The first-order chi connectivity index (χ1) is 17.9. The van der Waals surface area contributed by atoms with E-state index in [4.69, 9.17) is 9.15 Å². The lowest BCUT2D eigenvalue weighted by Crippen LogP contribution is -2.58. The van der Waals surface area contributed by atoms with Crippen LogP contribution in [0.4, 0.5) is 0 Å². The number of carbonyl (C=O) groups is 1. The standard InChI is InChI=1S/C31H35NO5/c1-19-17-25(27-22-11-8-12-23(22)30(34)37-26(27)18-19)36-20(2)29(33)32-16-15-31(35)14-7-6-13-24(31)28(32)21-9-4-3-5-10-21/h3-5,9-10,17-18,20,24,28,35H,6-8,11-16H2,1-2H3/t20-,24-,28-,31-/m0/s1. The van der Waals surface area contributed by atoms with Crippen LogP contribution < -0.4 is 10.4 Å². The van der Waals surface area contributed by atoms with Crippen molar-refractivity contribution < 1.29 is 19.1 Å². The summed E-state index contributed by atoms with van der Waals surface area (Å²) in [6.45, 7) is 4.24. The molecule has 2 aromatic carbocycles. The van der Waals surface area contributed by atoms with Crippen molar-refractivity contribution in [3.8, 4) is 5.75 Å². The number of ether oxygens (including phenoxy) is 1. The van der Waals surface area contributed by atoms with Crippen molar-refractivity contribution in [1.82, 2.24) is 4.90 Å². The van der Waals surface area contributed by atoms with Gasteiger partial charge in [-0.1, -0.05) is 43.2 Å². The van der Waals surface area contributed by atoms with Gasteiger partial charge in [0.25, 0.3) is 5.91 Å². The van der Waals surface area contributed by atoms with Gasteiger partial charge in [-0.15, -0.1) is 0 Å². The van der Waals surface area contributed by atoms with Crippen LogP contribution in [0.5, 0.6) is 5.75 Å². The lowest BCUT2D eigenvalue weighted by molar-refractivity contribution is -0.161. The highest BCUT2D eigenvalue weighted by molar-refractivity contribution is 5.90. The fraction of sp³-hybridized carbons (Fsp3) is 0.484. The van der Waals surface area contributed by atoms with E-state index in [2.05, 4.69) is 12.1 Å². The number of rotatable bonds is 4. The molecule has 1 aliphatic heterocycles. The summed E-state index contributed by atoms with van der Waals surface area (Å²) in [5, 5.41) is 12.4. The smallest absolute Gasteiger partial charge is 0.339 e. The Morgan fingerprint density at radius 1 is 1.11 bits per heavy atom. The van der Waals surface area contributed by atoms with Crippen molar-refractivity contribution in [3.05, 3.63) is 75.1 Å². The van der Waals surface area contributed by atoms with E-state index in [0.29, 0.717) is 30.7 Å². The highest BCUT2D eigenvalue weighted by atomic mass is 16.5. The monoisotopic (exact) mass is 501 g/mol. The minimum atomic E-state index is -0.732. The van der Waals surface area contributed by atoms with Crippen LogP contribution in [0.25, 0.3) is 11.0 Å². The number of hydrogen-bond acceptors (Lipinski definition) is 5. The molecule has 1 amide bonds. The van der Waals surface area contributed by atoms with Gasteiger partial charge in [-0.25, -0.2) is 4.79 Å². The molecule has 6 heteroatoms. The average molecular weight is 502 g/mol. The fourth-order valence-corrected chi connectivity index (χ4v) is 7.06. The number of fused-ring (bicyclic) bond motifs is 4. The SMILES string of the molecule is Cc1cc(O[C@@H](C)C(=O)N2CC[C@@]3(O)CCCC[C@H]3[C@@H]2c2ccccc2)c2c3c(c(=O)oc2c1)CCC3. The molecule has 1 aromatic heterocycles. The van der Waals surface area contributed by atoms with Crippen LogP contribution >= 0.6 is 0 Å². The molecule has 1 N–H and O–H groups in total. The van der Waals surface area contributed by atoms with Gasteiger partial charge in [-0.2, -0.15) is 0 Å². The van der Waals surface area contributed by atoms with E-state index < -0.39 is 11.7 Å². The van der Waals surface area contributed by atoms with E-state index in [-0.39, 0.29) is 23.5 Å². The second-order valence-corrected chi connectivity index (χ2v) is 11.2. The van der Waals surface area contributed by atoms with Crippen LogP contribution in [-0.4, -0.2) is 34.2 Å². The van der Waals surface area contributed by atoms with E-state index in [1.807, 2.05) is 42.2 Å². The first-order valence-corrected chi connectivity index (χ1v) is 13.7. The maximum Gasteiger partial charge on any atom is 0.339 e. The molecule has 37 heavy (non-hydrogen) atoms. The molecule has 4 atom stereocenters. The zero-order chi connectivity index (χ0) is 25.7. The lowest BCUT2D eigenvalue weighted by atomic mass is 9.66. The maximum atomic E-state index is 14.0. The molecular weight excluding hydrogens is 466 g/mol. The van der Waals surface area contributed by atoms with Crippen LogP contribution in [0, 0.1) is 12.8 Å². The highest BCUT2D eigenvalue weighted by Crippen LogP contribution is 2.49. The topological polar surface area (TPSA) is 80.0 Å². The Hall–Kier alpha value is -3.12. The quantitative estimate of drug-likeness (QED) is 0.494. The van der Waals surface area contributed by atoms with Crippen LogP contribution in [-0.2, 0) is 17.6 Å². The van der Waals surface area contributed by atoms with E-state index in [1.165, 1.54) is 0 Å². The van der Waals surface area contributed by atoms with Crippen LogP contribution in [0.3, 0.4) is 0 Å². The molecule has 2 heterocycles. The number of amides is 1.